The van der Waals surface area contributed by atoms with Gasteiger partial charge in [-0.05, 0) is 43.2 Å². The smallest absolute Gasteiger partial charge is 0.0991 e. The first kappa shape index (κ1) is 19.8. The summed E-state index contributed by atoms with van der Waals surface area (Å²) >= 11 is 1.46. The Labute approximate surface area is 159 Å². The summed E-state index contributed by atoms with van der Waals surface area (Å²) in [5.74, 6) is 0. The maximum Gasteiger partial charge on any atom is 0.0991 e. The van der Waals surface area contributed by atoms with Gasteiger partial charge in [0, 0.05) is 23.7 Å². The summed E-state index contributed by atoms with van der Waals surface area (Å²) in [6, 6.07) is 15.1. The highest BCUT2D eigenvalue weighted by atomic mass is 32.2. The Kier molecular flexibility index (Phi) is 6.67. The SMILES string of the molecule is CCC(Nc1cccc(NSC)c1C=N)(c1ccc(C#N)cc1)C(C)O. The molecule has 2 atom stereocenters. The van der Waals surface area contributed by atoms with Crippen molar-refractivity contribution in [3.63, 3.8) is 0 Å². The average Bonchev–Trinajstić information content (AvgIpc) is 2.66. The molecule has 0 aliphatic carbocycles. The lowest BCUT2D eigenvalue weighted by molar-refractivity contribution is 0.110. The first-order chi connectivity index (χ1) is 12.5. The zero-order valence-corrected chi connectivity index (χ0v) is 16.0. The van der Waals surface area contributed by atoms with Gasteiger partial charge in [0.2, 0.25) is 0 Å². The van der Waals surface area contributed by atoms with E-state index in [-0.39, 0.29) is 0 Å². The molecule has 0 heterocycles. The Morgan fingerprint density at radius 1 is 1.27 bits per heavy atom. The maximum atomic E-state index is 10.6. The van der Waals surface area contributed by atoms with Crippen LogP contribution in [0, 0.1) is 16.7 Å². The summed E-state index contributed by atoms with van der Waals surface area (Å²) in [6.07, 6.45) is 3.18. The molecule has 2 rings (SSSR count). The number of anilines is 2. The minimum absolute atomic E-state index is 0.579. The van der Waals surface area contributed by atoms with E-state index in [4.69, 9.17) is 10.7 Å². The van der Waals surface area contributed by atoms with Gasteiger partial charge in [-0.15, -0.1) is 0 Å². The fraction of sp³-hybridized carbons (Fsp3) is 0.300. The van der Waals surface area contributed by atoms with Crippen LogP contribution in [0.4, 0.5) is 11.4 Å². The number of aliphatic hydroxyl groups is 1. The Morgan fingerprint density at radius 2 is 1.92 bits per heavy atom. The van der Waals surface area contributed by atoms with Gasteiger partial charge in [0.25, 0.3) is 0 Å². The van der Waals surface area contributed by atoms with Crippen molar-refractivity contribution in [2.75, 3.05) is 16.3 Å². The molecule has 0 saturated carbocycles. The van der Waals surface area contributed by atoms with Crippen LogP contribution in [0.15, 0.2) is 42.5 Å². The molecule has 0 amide bonds. The first-order valence-electron chi connectivity index (χ1n) is 8.41. The van der Waals surface area contributed by atoms with Crippen molar-refractivity contribution in [1.29, 1.82) is 10.7 Å². The lowest BCUT2D eigenvalue weighted by atomic mass is 9.81. The zero-order chi connectivity index (χ0) is 19.2. The van der Waals surface area contributed by atoms with Crippen LogP contribution in [-0.2, 0) is 5.54 Å². The third kappa shape index (κ3) is 3.85. The van der Waals surface area contributed by atoms with Crippen LogP contribution in [0.1, 0.15) is 37.0 Å². The van der Waals surface area contributed by atoms with Gasteiger partial charge in [0.1, 0.15) is 0 Å². The molecule has 2 aromatic rings. The van der Waals surface area contributed by atoms with Crippen molar-refractivity contribution in [3.05, 3.63) is 59.2 Å². The van der Waals surface area contributed by atoms with Crippen molar-refractivity contribution >= 4 is 29.5 Å². The maximum absolute atomic E-state index is 10.6. The number of hydrogen-bond acceptors (Lipinski definition) is 6. The Bertz CT molecular complexity index is 798. The molecule has 0 spiro atoms. The number of hydrogen-bond donors (Lipinski definition) is 4. The fourth-order valence-electron chi connectivity index (χ4n) is 3.12. The van der Waals surface area contributed by atoms with Gasteiger partial charge in [-0.3, -0.25) is 0 Å². The monoisotopic (exact) mass is 368 g/mol. The van der Waals surface area contributed by atoms with Gasteiger partial charge in [-0.2, -0.15) is 5.26 Å². The Morgan fingerprint density at radius 3 is 2.42 bits per heavy atom. The third-order valence-corrected chi connectivity index (χ3v) is 5.04. The average molecular weight is 369 g/mol. The van der Waals surface area contributed by atoms with Crippen LogP contribution in [0.25, 0.3) is 0 Å². The second-order valence-electron chi connectivity index (χ2n) is 6.03. The van der Waals surface area contributed by atoms with Crippen LogP contribution in [0.3, 0.4) is 0 Å². The molecule has 0 fully saturated rings. The number of benzene rings is 2. The quantitative estimate of drug-likeness (QED) is 0.411. The molecule has 0 bridgehead atoms. The van der Waals surface area contributed by atoms with Crippen LogP contribution >= 0.6 is 11.9 Å². The molecule has 5 nitrogen and oxygen atoms in total. The van der Waals surface area contributed by atoms with Gasteiger partial charge in [0.15, 0.2) is 0 Å². The largest absolute Gasteiger partial charge is 0.391 e. The summed E-state index contributed by atoms with van der Waals surface area (Å²) in [7, 11) is 0. The first-order valence-corrected chi connectivity index (χ1v) is 9.64. The van der Waals surface area contributed by atoms with Gasteiger partial charge >= 0.3 is 0 Å². The molecule has 4 N–H and O–H groups in total. The summed E-state index contributed by atoms with van der Waals surface area (Å²) < 4.78 is 3.18. The molecule has 2 unspecified atom stereocenters. The third-order valence-electron chi connectivity index (χ3n) is 4.62. The van der Waals surface area contributed by atoms with E-state index in [2.05, 4.69) is 16.1 Å². The highest BCUT2D eigenvalue weighted by molar-refractivity contribution is 7.99. The standard InChI is InChI=1S/C20H24N4OS/c1-4-20(14(2)25,16-10-8-15(12-21)9-11-16)23-18-6-5-7-19(24-26-3)17(18)13-22/h5-11,13-14,22-25H,4H2,1-3H3. The van der Waals surface area contributed by atoms with Gasteiger partial charge in [-0.25, -0.2) is 0 Å². The van der Waals surface area contributed by atoms with Gasteiger partial charge < -0.3 is 20.6 Å². The van der Waals surface area contributed by atoms with Crippen LogP contribution in [0.5, 0.6) is 0 Å². The topological polar surface area (TPSA) is 91.9 Å². The molecule has 2 aromatic carbocycles. The summed E-state index contributed by atoms with van der Waals surface area (Å²) in [6.45, 7) is 3.76. The highest BCUT2D eigenvalue weighted by Gasteiger charge is 2.36. The Balaban J connectivity index is 2.54. The molecular formula is C20H24N4OS. The van der Waals surface area contributed by atoms with Crippen molar-refractivity contribution in [2.45, 2.75) is 31.9 Å². The second-order valence-corrected chi connectivity index (χ2v) is 6.64. The van der Waals surface area contributed by atoms with E-state index < -0.39 is 11.6 Å². The Hall–Kier alpha value is -2.49. The predicted molar refractivity (Wildman–Crippen MR) is 110 cm³/mol. The zero-order valence-electron chi connectivity index (χ0n) is 15.2. The molecule has 6 heteroatoms. The normalized spacial score (nSPS) is 14.0. The van der Waals surface area contributed by atoms with Crippen molar-refractivity contribution in [2.24, 2.45) is 0 Å². The van der Waals surface area contributed by atoms with Gasteiger partial charge in [0.05, 0.1) is 29.0 Å². The van der Waals surface area contributed by atoms with Crippen LogP contribution < -0.4 is 10.0 Å². The van der Waals surface area contributed by atoms with E-state index in [1.165, 1.54) is 18.2 Å². The molecule has 136 valence electrons. The van der Waals surface area contributed by atoms with Crippen LogP contribution in [0.2, 0.25) is 0 Å². The minimum atomic E-state index is -0.732. The number of aliphatic hydroxyl groups excluding tert-OH is 1. The minimum Gasteiger partial charge on any atom is -0.391 e. The van der Waals surface area contributed by atoms with E-state index in [9.17, 15) is 5.11 Å². The van der Waals surface area contributed by atoms with E-state index in [0.29, 0.717) is 12.0 Å². The van der Waals surface area contributed by atoms with Crippen molar-refractivity contribution in [3.8, 4) is 6.07 Å². The fourth-order valence-corrected chi connectivity index (χ4v) is 3.51. The lowest BCUT2D eigenvalue weighted by Gasteiger charge is -2.39. The van der Waals surface area contributed by atoms with E-state index in [1.54, 1.807) is 19.1 Å². The molecule has 0 aliphatic heterocycles. The van der Waals surface area contributed by atoms with Gasteiger partial charge in [-0.1, -0.05) is 37.1 Å². The summed E-state index contributed by atoms with van der Waals surface area (Å²) in [5.41, 5.74) is 3.08. The van der Waals surface area contributed by atoms with E-state index in [1.807, 2.05) is 43.5 Å². The molecule has 26 heavy (non-hydrogen) atoms. The molecule has 0 saturated heterocycles. The second kappa shape index (κ2) is 8.75. The summed E-state index contributed by atoms with van der Waals surface area (Å²) in [5, 5.41) is 31.0. The lowest BCUT2D eigenvalue weighted by Crippen LogP contribution is -2.45. The number of nitriles is 1. The molecular weight excluding hydrogens is 344 g/mol. The molecule has 0 aliphatic rings. The van der Waals surface area contributed by atoms with E-state index in [0.717, 1.165) is 22.5 Å². The number of nitrogens with one attached hydrogen (secondary N) is 3. The van der Waals surface area contributed by atoms with Crippen molar-refractivity contribution in [1.82, 2.24) is 0 Å². The van der Waals surface area contributed by atoms with Crippen molar-refractivity contribution < 1.29 is 5.11 Å². The number of nitrogens with zero attached hydrogens (tertiary/aromatic N) is 1. The molecule has 0 radical (unpaired) electrons. The predicted octanol–water partition coefficient (Wildman–Crippen LogP) is 4.34. The summed E-state index contributed by atoms with van der Waals surface area (Å²) in [4.78, 5) is 0. The number of rotatable bonds is 8. The molecule has 0 aromatic heterocycles. The highest BCUT2D eigenvalue weighted by Crippen LogP contribution is 2.36. The van der Waals surface area contributed by atoms with Crippen LogP contribution in [-0.4, -0.2) is 23.7 Å². The van der Waals surface area contributed by atoms with E-state index >= 15 is 0 Å².